The zero-order chi connectivity index (χ0) is 22.6. The Bertz CT molecular complexity index is 876. The molecule has 0 radical (unpaired) electrons. The van der Waals surface area contributed by atoms with E-state index < -0.39 is 12.1 Å². The molecule has 2 N–H and O–H groups in total. The summed E-state index contributed by atoms with van der Waals surface area (Å²) < 4.78 is 20.8. The van der Waals surface area contributed by atoms with Gasteiger partial charge in [-0.15, -0.1) is 0 Å². The average molecular weight is 429 g/mol. The first-order valence-electron chi connectivity index (χ1n) is 9.62. The summed E-state index contributed by atoms with van der Waals surface area (Å²) in [5, 5.41) is 6.68. The van der Waals surface area contributed by atoms with Crippen molar-refractivity contribution in [1.29, 1.82) is 0 Å². The molecule has 0 saturated heterocycles. The van der Waals surface area contributed by atoms with Gasteiger partial charge in [0, 0.05) is 5.56 Å². The topological polar surface area (TPSA) is 107 Å². The molecule has 2 amide bonds. The van der Waals surface area contributed by atoms with E-state index in [1.54, 1.807) is 19.1 Å². The van der Waals surface area contributed by atoms with Crippen molar-refractivity contribution in [3.05, 3.63) is 53.6 Å². The largest absolute Gasteiger partial charge is 0.493 e. The molecule has 0 bridgehead atoms. The van der Waals surface area contributed by atoms with Crippen molar-refractivity contribution < 1.29 is 28.5 Å². The number of amides is 2. The Morgan fingerprint density at radius 2 is 1.68 bits per heavy atom. The maximum absolute atomic E-state index is 12.4. The Morgan fingerprint density at radius 3 is 2.23 bits per heavy atom. The fraction of sp³-hybridized carbons (Fsp3) is 0.318. The summed E-state index contributed by atoms with van der Waals surface area (Å²) in [6.07, 6.45) is 0.846. The fourth-order valence-electron chi connectivity index (χ4n) is 2.84. The number of benzene rings is 2. The van der Waals surface area contributed by atoms with Crippen LogP contribution < -0.4 is 25.0 Å². The van der Waals surface area contributed by atoms with Gasteiger partial charge in [0.05, 0.1) is 46.6 Å². The number of nitrogens with one attached hydrogen (secondary N) is 2. The highest BCUT2D eigenvalue weighted by Crippen LogP contribution is 2.37. The lowest BCUT2D eigenvalue weighted by molar-refractivity contribution is -0.121. The molecule has 0 aliphatic rings. The third-order valence-electron chi connectivity index (χ3n) is 4.25. The second-order valence-corrected chi connectivity index (χ2v) is 6.28. The Balaban J connectivity index is 2.07. The maximum atomic E-state index is 12.4. The molecule has 1 atom stereocenters. The molecule has 2 aromatic rings. The number of methoxy groups -OCH3 is 3. The van der Waals surface area contributed by atoms with Crippen LogP contribution in [-0.2, 0) is 9.53 Å². The van der Waals surface area contributed by atoms with Crippen molar-refractivity contribution in [3.63, 3.8) is 0 Å². The molecule has 0 aliphatic carbocycles. The van der Waals surface area contributed by atoms with Gasteiger partial charge in [0.1, 0.15) is 0 Å². The van der Waals surface area contributed by atoms with Crippen molar-refractivity contribution in [3.8, 4) is 17.2 Å². The van der Waals surface area contributed by atoms with E-state index in [1.807, 2.05) is 30.3 Å². The molecule has 166 valence electrons. The number of carbonyl (C=O) groups is 2. The van der Waals surface area contributed by atoms with E-state index in [2.05, 4.69) is 15.8 Å². The lowest BCUT2D eigenvalue weighted by Gasteiger charge is -2.18. The van der Waals surface area contributed by atoms with E-state index in [0.29, 0.717) is 22.8 Å². The van der Waals surface area contributed by atoms with Crippen LogP contribution in [0.2, 0.25) is 0 Å². The monoisotopic (exact) mass is 429 g/mol. The highest BCUT2D eigenvalue weighted by molar-refractivity contribution is 5.84. The fourth-order valence-corrected chi connectivity index (χ4v) is 2.84. The van der Waals surface area contributed by atoms with Gasteiger partial charge >= 0.3 is 6.09 Å². The molecule has 31 heavy (non-hydrogen) atoms. The predicted molar refractivity (Wildman–Crippen MR) is 116 cm³/mol. The van der Waals surface area contributed by atoms with Crippen LogP contribution in [0, 0.1) is 0 Å². The minimum Gasteiger partial charge on any atom is -0.493 e. The summed E-state index contributed by atoms with van der Waals surface area (Å²) in [7, 11) is 4.54. The van der Waals surface area contributed by atoms with E-state index in [-0.39, 0.29) is 18.9 Å². The Hall–Kier alpha value is -3.75. The van der Waals surface area contributed by atoms with E-state index >= 15 is 0 Å². The summed E-state index contributed by atoms with van der Waals surface area (Å²) in [6.45, 7) is 1.94. The molecular formula is C22H27N3O6. The van der Waals surface area contributed by atoms with E-state index in [4.69, 9.17) is 18.9 Å². The zero-order valence-electron chi connectivity index (χ0n) is 18.0. The van der Waals surface area contributed by atoms with Gasteiger partial charge in [0.25, 0.3) is 0 Å². The lowest BCUT2D eigenvalue weighted by Crippen LogP contribution is -2.33. The number of hydrogen-bond donors (Lipinski definition) is 2. The summed E-state index contributed by atoms with van der Waals surface area (Å²) in [5.41, 5.74) is 3.88. The number of hydrazone groups is 1. The normalized spacial score (nSPS) is 11.5. The van der Waals surface area contributed by atoms with E-state index in [1.165, 1.54) is 27.5 Å². The van der Waals surface area contributed by atoms with E-state index in [0.717, 1.165) is 5.56 Å². The Labute approximate surface area is 181 Å². The van der Waals surface area contributed by atoms with Gasteiger partial charge in [-0.05, 0) is 24.6 Å². The van der Waals surface area contributed by atoms with Crippen LogP contribution in [0.25, 0.3) is 0 Å². The van der Waals surface area contributed by atoms with E-state index in [9.17, 15) is 9.59 Å². The third-order valence-corrected chi connectivity index (χ3v) is 4.25. The van der Waals surface area contributed by atoms with Gasteiger partial charge in [-0.2, -0.15) is 5.10 Å². The highest BCUT2D eigenvalue weighted by Gasteiger charge is 2.19. The number of alkyl carbamates (subject to hydrolysis) is 1. The third kappa shape index (κ3) is 6.91. The number of rotatable bonds is 10. The molecule has 2 aromatic carbocycles. The maximum Gasteiger partial charge on any atom is 0.407 e. The molecule has 0 heterocycles. The SMILES string of the molecule is CCOC(=O)N[C@H](CC(=O)N/N=C\c1cc(OC)c(OC)c(OC)c1)c1ccccc1. The first-order valence-corrected chi connectivity index (χ1v) is 9.62. The Morgan fingerprint density at radius 1 is 1.03 bits per heavy atom. The molecule has 0 fully saturated rings. The number of ether oxygens (including phenoxy) is 4. The molecule has 9 nitrogen and oxygen atoms in total. The zero-order valence-corrected chi connectivity index (χ0v) is 18.0. The average Bonchev–Trinajstić information content (AvgIpc) is 2.78. The van der Waals surface area contributed by atoms with Crippen molar-refractivity contribution in [2.45, 2.75) is 19.4 Å². The summed E-state index contributed by atoms with van der Waals surface area (Å²) in [5.74, 6) is 1.02. The summed E-state index contributed by atoms with van der Waals surface area (Å²) >= 11 is 0. The van der Waals surface area contributed by atoms with Gasteiger partial charge in [-0.25, -0.2) is 10.2 Å². The second-order valence-electron chi connectivity index (χ2n) is 6.28. The number of carbonyl (C=O) groups excluding carboxylic acids is 2. The smallest absolute Gasteiger partial charge is 0.407 e. The molecular weight excluding hydrogens is 402 g/mol. The van der Waals surface area contributed by atoms with Crippen LogP contribution >= 0.6 is 0 Å². The summed E-state index contributed by atoms with van der Waals surface area (Å²) in [6, 6.07) is 12.0. The molecule has 0 aliphatic heterocycles. The van der Waals surface area contributed by atoms with Crippen molar-refractivity contribution in [2.24, 2.45) is 5.10 Å². The molecule has 0 unspecified atom stereocenters. The van der Waals surface area contributed by atoms with Crippen LogP contribution in [0.3, 0.4) is 0 Å². The van der Waals surface area contributed by atoms with Crippen molar-refractivity contribution in [1.82, 2.24) is 10.7 Å². The van der Waals surface area contributed by atoms with Crippen LogP contribution in [0.15, 0.2) is 47.6 Å². The first-order chi connectivity index (χ1) is 15.0. The molecule has 0 saturated carbocycles. The minimum absolute atomic E-state index is 0.0184. The Kier molecular flexibility index (Phi) is 9.15. The van der Waals surface area contributed by atoms with Crippen LogP contribution in [-0.4, -0.2) is 46.2 Å². The van der Waals surface area contributed by atoms with Crippen LogP contribution in [0.1, 0.15) is 30.5 Å². The van der Waals surface area contributed by atoms with Crippen LogP contribution in [0.4, 0.5) is 4.79 Å². The van der Waals surface area contributed by atoms with Gasteiger partial charge in [-0.3, -0.25) is 4.79 Å². The summed E-state index contributed by atoms with van der Waals surface area (Å²) in [4.78, 5) is 24.3. The van der Waals surface area contributed by atoms with Crippen LogP contribution in [0.5, 0.6) is 17.2 Å². The van der Waals surface area contributed by atoms with Crippen molar-refractivity contribution >= 4 is 18.2 Å². The van der Waals surface area contributed by atoms with Gasteiger partial charge in [0.2, 0.25) is 11.7 Å². The molecule has 0 spiro atoms. The molecule has 2 rings (SSSR count). The standard InChI is InChI=1S/C22H27N3O6/c1-5-31-22(27)24-17(16-9-7-6-8-10-16)13-20(26)25-23-14-15-11-18(28-2)21(30-4)19(12-15)29-3/h6-12,14,17H,5,13H2,1-4H3,(H,24,27)(H,25,26)/b23-14-/t17-/m1/s1. The second kappa shape index (κ2) is 12.1. The lowest BCUT2D eigenvalue weighted by atomic mass is 10.0. The highest BCUT2D eigenvalue weighted by atomic mass is 16.5. The molecule has 0 aromatic heterocycles. The first kappa shape index (κ1) is 23.5. The molecule has 9 heteroatoms. The van der Waals surface area contributed by atoms with Crippen molar-refractivity contribution in [2.75, 3.05) is 27.9 Å². The predicted octanol–water partition coefficient (Wildman–Crippen LogP) is 3.04. The van der Waals surface area contributed by atoms with Gasteiger partial charge in [0.15, 0.2) is 11.5 Å². The number of nitrogens with zero attached hydrogens (tertiary/aromatic N) is 1. The van der Waals surface area contributed by atoms with Gasteiger partial charge in [-0.1, -0.05) is 30.3 Å². The quantitative estimate of drug-likeness (QED) is 0.444. The number of hydrogen-bond acceptors (Lipinski definition) is 7. The van der Waals surface area contributed by atoms with Gasteiger partial charge < -0.3 is 24.3 Å². The minimum atomic E-state index is -0.593.